The highest BCUT2D eigenvalue weighted by Crippen LogP contribution is 2.43. The van der Waals surface area contributed by atoms with Crippen molar-refractivity contribution in [1.82, 2.24) is 4.98 Å². The van der Waals surface area contributed by atoms with Crippen molar-refractivity contribution in [2.45, 2.75) is 13.0 Å². The predicted octanol–water partition coefficient (Wildman–Crippen LogP) is 4.33. The Kier molecular flexibility index (Phi) is 6.34. The number of nitrogens with one attached hydrogen (secondary N) is 1. The monoisotopic (exact) mass is 477 g/mol. The summed E-state index contributed by atoms with van der Waals surface area (Å²) in [7, 11) is 1.42. The van der Waals surface area contributed by atoms with E-state index in [1.165, 1.54) is 31.2 Å². The third-order valence-electron chi connectivity index (χ3n) is 5.27. The molecule has 0 spiro atoms. The van der Waals surface area contributed by atoms with Crippen molar-refractivity contribution in [3.8, 4) is 5.75 Å². The van der Waals surface area contributed by atoms with Crippen LogP contribution < -0.4 is 15.0 Å². The summed E-state index contributed by atoms with van der Waals surface area (Å²) < 4.78 is 5.33. The lowest BCUT2D eigenvalue weighted by Gasteiger charge is -2.25. The molecular weight excluding hydrogens is 458 g/mol. The standard InChI is InChI=1S/C25H20ClN3O5/c1-14(30)28-16-6-5-7-17(13-16)29-22(19-8-3-4-11-27-19)21(24(32)25(29)33)23(31)18-12-15(26)9-10-20(18)34-2/h3-13,22,31H,1-2H3,(H,28,30)/b23-21+. The number of benzene rings is 2. The lowest BCUT2D eigenvalue weighted by atomic mass is 9.97. The van der Waals surface area contributed by atoms with Gasteiger partial charge in [0.1, 0.15) is 17.6 Å². The maximum absolute atomic E-state index is 13.3. The van der Waals surface area contributed by atoms with Gasteiger partial charge < -0.3 is 15.2 Å². The minimum atomic E-state index is -1.03. The summed E-state index contributed by atoms with van der Waals surface area (Å²) in [5.41, 5.74) is 1.17. The second kappa shape index (κ2) is 9.36. The zero-order valence-electron chi connectivity index (χ0n) is 18.3. The summed E-state index contributed by atoms with van der Waals surface area (Å²) in [5, 5.41) is 14.2. The van der Waals surface area contributed by atoms with E-state index in [9.17, 15) is 19.5 Å². The number of methoxy groups -OCH3 is 1. The number of rotatable bonds is 5. The second-order valence-corrected chi connectivity index (χ2v) is 7.94. The summed E-state index contributed by atoms with van der Waals surface area (Å²) in [6, 6.07) is 15.2. The molecule has 1 aliphatic rings. The summed E-state index contributed by atoms with van der Waals surface area (Å²) >= 11 is 6.13. The largest absolute Gasteiger partial charge is 0.507 e. The van der Waals surface area contributed by atoms with Crippen LogP contribution >= 0.6 is 11.6 Å². The van der Waals surface area contributed by atoms with Gasteiger partial charge >= 0.3 is 0 Å². The maximum atomic E-state index is 13.3. The molecule has 2 heterocycles. The zero-order chi connectivity index (χ0) is 24.4. The van der Waals surface area contributed by atoms with E-state index < -0.39 is 23.5 Å². The number of ether oxygens (including phenoxy) is 1. The number of aliphatic hydroxyl groups excluding tert-OH is 1. The van der Waals surface area contributed by atoms with E-state index in [0.717, 1.165) is 0 Å². The molecule has 1 aliphatic heterocycles. The molecular formula is C25H20ClN3O5. The quantitative estimate of drug-likeness (QED) is 0.321. The number of carbonyl (C=O) groups excluding carboxylic acids is 3. The summed E-state index contributed by atoms with van der Waals surface area (Å²) in [6.45, 7) is 1.37. The van der Waals surface area contributed by atoms with E-state index in [4.69, 9.17) is 16.3 Å². The van der Waals surface area contributed by atoms with Gasteiger partial charge in [-0.3, -0.25) is 24.3 Å². The first-order valence-corrected chi connectivity index (χ1v) is 10.6. The number of aromatic nitrogens is 1. The Bertz CT molecular complexity index is 1320. The van der Waals surface area contributed by atoms with E-state index in [0.29, 0.717) is 22.1 Å². The molecule has 2 aromatic carbocycles. The van der Waals surface area contributed by atoms with E-state index in [1.807, 2.05) is 0 Å². The maximum Gasteiger partial charge on any atom is 0.300 e. The van der Waals surface area contributed by atoms with Gasteiger partial charge in [-0.15, -0.1) is 0 Å². The third kappa shape index (κ3) is 4.23. The fourth-order valence-electron chi connectivity index (χ4n) is 3.86. The molecule has 34 heavy (non-hydrogen) atoms. The van der Waals surface area contributed by atoms with Crippen molar-refractivity contribution >= 4 is 46.3 Å². The summed E-state index contributed by atoms with van der Waals surface area (Å²) in [4.78, 5) is 43.6. The number of anilines is 2. The molecule has 3 aromatic rings. The van der Waals surface area contributed by atoms with E-state index >= 15 is 0 Å². The number of amides is 2. The van der Waals surface area contributed by atoms with E-state index in [2.05, 4.69) is 10.3 Å². The molecule has 0 saturated carbocycles. The molecule has 1 fully saturated rings. The molecule has 0 radical (unpaired) electrons. The number of aliphatic hydroxyl groups is 1. The van der Waals surface area contributed by atoms with Crippen LogP contribution in [0.25, 0.3) is 5.76 Å². The van der Waals surface area contributed by atoms with Crippen molar-refractivity contribution in [2.75, 3.05) is 17.3 Å². The Balaban J connectivity index is 1.94. The minimum absolute atomic E-state index is 0.158. The number of nitrogens with zero attached hydrogens (tertiary/aromatic N) is 2. The molecule has 172 valence electrons. The van der Waals surface area contributed by atoms with Gasteiger partial charge in [0, 0.05) is 29.5 Å². The molecule has 1 saturated heterocycles. The molecule has 4 rings (SSSR count). The highest BCUT2D eigenvalue weighted by molar-refractivity contribution is 6.51. The van der Waals surface area contributed by atoms with Gasteiger partial charge in [0.2, 0.25) is 5.91 Å². The van der Waals surface area contributed by atoms with Gasteiger partial charge in [0.25, 0.3) is 11.7 Å². The number of Topliss-reactive ketones (excluding diaryl/α,β-unsaturated/α-hetero) is 1. The van der Waals surface area contributed by atoms with Crippen LogP contribution in [-0.2, 0) is 14.4 Å². The van der Waals surface area contributed by atoms with E-state index in [-0.39, 0.29) is 22.8 Å². The average Bonchev–Trinajstić information content (AvgIpc) is 3.09. The Labute approximate surface area is 200 Å². The molecule has 0 bridgehead atoms. The molecule has 2 N–H and O–H groups in total. The molecule has 8 nitrogen and oxygen atoms in total. The fraction of sp³-hybridized carbons (Fsp3) is 0.120. The van der Waals surface area contributed by atoms with E-state index in [1.54, 1.807) is 54.6 Å². The first-order chi connectivity index (χ1) is 16.3. The summed E-state index contributed by atoms with van der Waals surface area (Å²) in [5.74, 6) is -2.18. The van der Waals surface area contributed by atoms with Crippen LogP contribution in [-0.4, -0.2) is 34.8 Å². The fourth-order valence-corrected chi connectivity index (χ4v) is 4.04. The SMILES string of the molecule is COc1ccc(Cl)cc1/C(O)=C1\C(=O)C(=O)N(c2cccc(NC(C)=O)c2)C1c1ccccn1. The Morgan fingerprint density at radius 1 is 1.12 bits per heavy atom. The van der Waals surface area contributed by atoms with Crippen LogP contribution in [0.4, 0.5) is 11.4 Å². The Hall–Kier alpha value is -4.17. The summed E-state index contributed by atoms with van der Waals surface area (Å²) in [6.07, 6.45) is 1.53. The third-order valence-corrected chi connectivity index (χ3v) is 5.51. The van der Waals surface area contributed by atoms with Crippen LogP contribution in [0.1, 0.15) is 24.2 Å². The smallest absolute Gasteiger partial charge is 0.300 e. The number of hydrogen-bond donors (Lipinski definition) is 2. The molecule has 1 unspecified atom stereocenters. The molecule has 1 aromatic heterocycles. The van der Waals surface area contributed by atoms with Gasteiger partial charge in [0.05, 0.1) is 23.9 Å². The first kappa shape index (κ1) is 23.0. The van der Waals surface area contributed by atoms with Crippen molar-refractivity contribution in [3.63, 3.8) is 0 Å². The minimum Gasteiger partial charge on any atom is -0.507 e. The van der Waals surface area contributed by atoms with Crippen LogP contribution in [0.5, 0.6) is 5.75 Å². The highest BCUT2D eigenvalue weighted by Gasteiger charge is 2.48. The van der Waals surface area contributed by atoms with Gasteiger partial charge in [-0.25, -0.2) is 0 Å². The van der Waals surface area contributed by atoms with Gasteiger partial charge in [-0.2, -0.15) is 0 Å². The Morgan fingerprint density at radius 3 is 2.59 bits per heavy atom. The van der Waals surface area contributed by atoms with Crippen molar-refractivity contribution < 1.29 is 24.2 Å². The normalized spacial score (nSPS) is 17.0. The van der Waals surface area contributed by atoms with Crippen molar-refractivity contribution in [2.24, 2.45) is 0 Å². The average molecular weight is 478 g/mol. The zero-order valence-corrected chi connectivity index (χ0v) is 19.0. The molecule has 9 heteroatoms. The van der Waals surface area contributed by atoms with Crippen LogP contribution in [0.15, 0.2) is 72.4 Å². The first-order valence-electron chi connectivity index (χ1n) is 10.2. The number of ketones is 1. The Morgan fingerprint density at radius 2 is 1.91 bits per heavy atom. The van der Waals surface area contributed by atoms with Gasteiger partial charge in [-0.1, -0.05) is 23.7 Å². The number of carbonyl (C=O) groups is 3. The van der Waals surface area contributed by atoms with Gasteiger partial charge in [0.15, 0.2) is 0 Å². The topological polar surface area (TPSA) is 109 Å². The lowest BCUT2D eigenvalue weighted by molar-refractivity contribution is -0.132. The lowest BCUT2D eigenvalue weighted by Crippen LogP contribution is -2.30. The molecule has 0 aliphatic carbocycles. The molecule has 1 atom stereocenters. The van der Waals surface area contributed by atoms with Crippen LogP contribution in [0.2, 0.25) is 5.02 Å². The number of hydrogen-bond acceptors (Lipinski definition) is 6. The van der Waals surface area contributed by atoms with Crippen molar-refractivity contribution in [3.05, 3.63) is 88.7 Å². The number of halogens is 1. The number of pyridine rings is 1. The van der Waals surface area contributed by atoms with Gasteiger partial charge in [-0.05, 0) is 48.5 Å². The molecule has 2 amide bonds. The van der Waals surface area contributed by atoms with Crippen LogP contribution in [0.3, 0.4) is 0 Å². The second-order valence-electron chi connectivity index (χ2n) is 7.50. The van der Waals surface area contributed by atoms with Crippen LogP contribution in [0, 0.1) is 0 Å². The highest BCUT2D eigenvalue weighted by atomic mass is 35.5. The van der Waals surface area contributed by atoms with Crippen molar-refractivity contribution in [1.29, 1.82) is 0 Å². The predicted molar refractivity (Wildman–Crippen MR) is 128 cm³/mol.